The molecule has 0 saturated carbocycles. The fourth-order valence-electron chi connectivity index (χ4n) is 3.98. The second kappa shape index (κ2) is 6.85. The van der Waals surface area contributed by atoms with Crippen molar-refractivity contribution in [1.29, 1.82) is 0 Å². The normalized spacial score (nSPS) is 16.6. The Balaban J connectivity index is 1.57. The predicted molar refractivity (Wildman–Crippen MR) is 124 cm³/mol. The molecule has 0 atom stereocenters. The topological polar surface area (TPSA) is 73.0 Å². The van der Waals surface area contributed by atoms with Gasteiger partial charge in [-0.05, 0) is 60.2 Å². The van der Waals surface area contributed by atoms with Crippen molar-refractivity contribution in [2.75, 3.05) is 0 Å². The smallest absolute Gasteiger partial charge is 0.204 e. The molecule has 3 aliphatic heterocycles. The summed E-state index contributed by atoms with van der Waals surface area (Å²) in [6.07, 6.45) is 13.5. The third kappa shape index (κ3) is 3.32. The molecule has 0 saturated heterocycles. The van der Waals surface area contributed by atoms with Crippen molar-refractivity contribution in [2.45, 2.75) is 0 Å². The zero-order chi connectivity index (χ0) is 20.8. The van der Waals surface area contributed by atoms with Gasteiger partial charge in [0, 0.05) is 39.4 Å². The number of fused-ring (bicyclic) bond motifs is 7. The van der Waals surface area contributed by atoms with E-state index in [-0.39, 0.29) is 5.78 Å². The maximum Gasteiger partial charge on any atom is 0.204 e. The van der Waals surface area contributed by atoms with Crippen molar-refractivity contribution in [3.05, 3.63) is 106 Å². The molecule has 3 aromatic rings. The zero-order valence-electron chi connectivity index (χ0n) is 16.5. The fraction of sp³-hybridized carbons (Fsp3) is 0. The SMILES string of the molecule is O=C1C=C2C=c3ccc([nH]3)=CC3=NC(=Cc4[nH]c(cc4-c4ccccc4)C=C1N2)C=C3. The van der Waals surface area contributed by atoms with E-state index in [4.69, 9.17) is 4.99 Å². The van der Waals surface area contributed by atoms with Crippen LogP contribution in [-0.4, -0.2) is 21.5 Å². The molecule has 1 aromatic carbocycles. The zero-order valence-corrected chi connectivity index (χ0v) is 16.5. The van der Waals surface area contributed by atoms with E-state index in [1.54, 1.807) is 6.08 Å². The Hall–Kier alpha value is -4.38. The van der Waals surface area contributed by atoms with Crippen LogP contribution < -0.4 is 16.0 Å². The van der Waals surface area contributed by atoms with Crippen LogP contribution in [0.1, 0.15) is 11.4 Å². The Kier molecular flexibility index (Phi) is 3.86. The minimum atomic E-state index is -0.0442. The highest BCUT2D eigenvalue weighted by atomic mass is 16.1. The van der Waals surface area contributed by atoms with Gasteiger partial charge in [0.2, 0.25) is 5.78 Å². The van der Waals surface area contributed by atoms with E-state index >= 15 is 0 Å². The number of H-pyrrole nitrogens is 2. The Labute approximate surface area is 178 Å². The van der Waals surface area contributed by atoms with Gasteiger partial charge in [-0.1, -0.05) is 30.3 Å². The number of hydrogen-bond acceptors (Lipinski definition) is 3. The molecule has 6 rings (SSSR count). The van der Waals surface area contributed by atoms with Crippen molar-refractivity contribution < 1.29 is 4.79 Å². The van der Waals surface area contributed by atoms with Gasteiger partial charge in [0.05, 0.1) is 17.1 Å². The summed E-state index contributed by atoms with van der Waals surface area (Å²) in [5.41, 5.74) is 7.01. The molecule has 0 amide bonds. The monoisotopic (exact) mass is 402 g/mol. The van der Waals surface area contributed by atoms with Gasteiger partial charge in [-0.3, -0.25) is 4.79 Å². The molecule has 0 unspecified atom stereocenters. The molecule has 8 bridgehead atoms. The number of hydrogen-bond donors (Lipinski definition) is 3. The van der Waals surface area contributed by atoms with Crippen LogP contribution >= 0.6 is 0 Å². The molecule has 5 heterocycles. The first-order valence-corrected chi connectivity index (χ1v) is 10.1. The number of allylic oxidation sites excluding steroid dienone is 4. The first kappa shape index (κ1) is 17.5. The summed E-state index contributed by atoms with van der Waals surface area (Å²) >= 11 is 0. The Morgan fingerprint density at radius 3 is 2.48 bits per heavy atom. The van der Waals surface area contributed by atoms with E-state index in [9.17, 15) is 4.79 Å². The molecule has 5 nitrogen and oxygen atoms in total. The van der Waals surface area contributed by atoms with Crippen LogP contribution in [-0.2, 0) is 4.79 Å². The van der Waals surface area contributed by atoms with E-state index in [0.717, 1.165) is 50.3 Å². The van der Waals surface area contributed by atoms with Crippen molar-refractivity contribution in [1.82, 2.24) is 15.3 Å². The van der Waals surface area contributed by atoms with Gasteiger partial charge >= 0.3 is 0 Å². The average Bonchev–Trinajstić information content (AvgIpc) is 3.54. The summed E-state index contributed by atoms with van der Waals surface area (Å²) in [6, 6.07) is 16.2. The molecule has 5 heteroatoms. The van der Waals surface area contributed by atoms with E-state index < -0.39 is 0 Å². The lowest BCUT2D eigenvalue weighted by atomic mass is 10.1. The first-order valence-electron chi connectivity index (χ1n) is 10.1. The van der Waals surface area contributed by atoms with Gasteiger partial charge < -0.3 is 15.3 Å². The van der Waals surface area contributed by atoms with E-state index in [0.29, 0.717) is 5.70 Å². The molecule has 3 N–H and O–H groups in total. The second-order valence-electron chi connectivity index (χ2n) is 7.66. The Bertz CT molecular complexity index is 1500. The van der Waals surface area contributed by atoms with Crippen LogP contribution in [0.25, 0.3) is 35.4 Å². The van der Waals surface area contributed by atoms with Crippen molar-refractivity contribution >= 4 is 35.8 Å². The van der Waals surface area contributed by atoms with Gasteiger partial charge in [-0.25, -0.2) is 4.99 Å². The number of rotatable bonds is 1. The fourth-order valence-corrected chi connectivity index (χ4v) is 3.98. The summed E-state index contributed by atoms with van der Waals surface area (Å²) in [4.78, 5) is 24.1. The maximum absolute atomic E-state index is 12.5. The molecule has 3 aliphatic rings. The van der Waals surface area contributed by atoms with Crippen LogP contribution in [0.2, 0.25) is 0 Å². The van der Waals surface area contributed by atoms with Gasteiger partial charge in [0.15, 0.2) is 0 Å². The van der Waals surface area contributed by atoms with E-state index in [1.165, 1.54) is 0 Å². The van der Waals surface area contributed by atoms with Gasteiger partial charge in [0.25, 0.3) is 0 Å². The quantitative estimate of drug-likeness (QED) is 0.585. The van der Waals surface area contributed by atoms with Gasteiger partial charge in [0.1, 0.15) is 0 Å². The van der Waals surface area contributed by atoms with Crippen molar-refractivity contribution in [3.63, 3.8) is 0 Å². The minimum absolute atomic E-state index is 0.0442. The number of ketones is 1. The van der Waals surface area contributed by atoms with Crippen LogP contribution in [0.4, 0.5) is 0 Å². The molecule has 2 aromatic heterocycles. The van der Waals surface area contributed by atoms with Gasteiger partial charge in [-0.2, -0.15) is 0 Å². The molecule has 0 aliphatic carbocycles. The van der Waals surface area contributed by atoms with Crippen molar-refractivity contribution in [2.24, 2.45) is 4.99 Å². The highest BCUT2D eigenvalue weighted by Gasteiger charge is 2.18. The van der Waals surface area contributed by atoms with Crippen molar-refractivity contribution in [3.8, 4) is 11.1 Å². The molecule has 0 spiro atoms. The molecular formula is C26H18N4O. The number of aliphatic imine (C=N–C) groups is 1. The number of nitrogens with one attached hydrogen (secondary N) is 3. The summed E-state index contributed by atoms with van der Waals surface area (Å²) in [7, 11) is 0. The lowest BCUT2D eigenvalue weighted by Crippen LogP contribution is -2.14. The predicted octanol–water partition coefficient (Wildman–Crippen LogP) is 3.03. The van der Waals surface area contributed by atoms with E-state index in [2.05, 4.69) is 33.5 Å². The third-order valence-corrected chi connectivity index (χ3v) is 5.41. The molecule has 0 radical (unpaired) electrons. The highest BCUT2D eigenvalue weighted by Crippen LogP contribution is 2.29. The molecular weight excluding hydrogens is 384 g/mol. The summed E-state index contributed by atoms with van der Waals surface area (Å²) in [6.45, 7) is 0. The van der Waals surface area contributed by atoms with Gasteiger partial charge in [-0.15, -0.1) is 0 Å². The highest BCUT2D eigenvalue weighted by molar-refractivity contribution is 6.19. The number of carbonyl (C=O) groups is 1. The van der Waals surface area contributed by atoms with Crippen LogP contribution in [0.5, 0.6) is 0 Å². The first-order chi connectivity index (χ1) is 15.2. The second-order valence-corrected chi connectivity index (χ2v) is 7.66. The number of benzene rings is 1. The van der Waals surface area contributed by atoms with Crippen LogP contribution in [0, 0.1) is 0 Å². The summed E-state index contributed by atoms with van der Waals surface area (Å²) in [5, 5.41) is 5.09. The molecule has 148 valence electrons. The standard InChI is InChI=1S/C26H18N4O/c31-26-15-21-11-19-7-6-17(27-19)10-18-8-9-20(28-18)13-24-23(16-4-2-1-3-5-16)12-22(29-24)14-25(26)30-21/h1-15,27,29-30H. The number of carbonyl (C=O) groups excluding carboxylic acids is 1. The number of aromatic amines is 2. The lowest BCUT2D eigenvalue weighted by Gasteiger charge is -2.00. The lowest BCUT2D eigenvalue weighted by molar-refractivity contribution is -0.111. The summed E-state index contributed by atoms with van der Waals surface area (Å²) < 4.78 is 0. The minimum Gasteiger partial charge on any atom is -0.355 e. The molecule has 31 heavy (non-hydrogen) atoms. The largest absolute Gasteiger partial charge is 0.355 e. The maximum atomic E-state index is 12.5. The van der Waals surface area contributed by atoms with E-state index in [1.807, 2.05) is 66.8 Å². The Morgan fingerprint density at radius 2 is 1.61 bits per heavy atom. The third-order valence-electron chi connectivity index (χ3n) is 5.41. The average molecular weight is 402 g/mol. The molecule has 0 fully saturated rings. The Morgan fingerprint density at radius 1 is 0.774 bits per heavy atom. The number of aromatic nitrogens is 2. The number of nitrogens with zero attached hydrogens (tertiary/aromatic N) is 1. The van der Waals surface area contributed by atoms with Crippen LogP contribution in [0.15, 0.2) is 88.8 Å². The van der Waals surface area contributed by atoms with Crippen LogP contribution in [0.3, 0.4) is 0 Å². The summed E-state index contributed by atoms with van der Waals surface area (Å²) in [5.74, 6) is -0.0442.